The van der Waals surface area contributed by atoms with Crippen LogP contribution in [0.3, 0.4) is 0 Å². The Morgan fingerprint density at radius 3 is 2.93 bits per heavy atom. The number of ether oxygens (including phenoxy) is 1. The van der Waals surface area contributed by atoms with Gasteiger partial charge in [-0.2, -0.15) is 0 Å². The third kappa shape index (κ3) is 3.53. The molecule has 2 aromatic heterocycles. The summed E-state index contributed by atoms with van der Waals surface area (Å²) in [4.78, 5) is 20.7. The molecule has 0 aliphatic carbocycles. The summed E-state index contributed by atoms with van der Waals surface area (Å²) < 4.78 is 7.84. The van der Waals surface area contributed by atoms with Crippen molar-refractivity contribution in [2.75, 3.05) is 5.75 Å². The van der Waals surface area contributed by atoms with Gasteiger partial charge in [0.15, 0.2) is 5.16 Å². The molecule has 3 heterocycles. The Balaban J connectivity index is 1.95. The van der Waals surface area contributed by atoms with Crippen LogP contribution in [0.5, 0.6) is 0 Å². The SMILES string of the molecule is CCCSc1nc2sc3c(c2c(=O)n1-c1cccc(C)c1)C[C@H](C(C)C)OC3. The second-order valence-corrected chi connectivity index (χ2v) is 9.85. The summed E-state index contributed by atoms with van der Waals surface area (Å²) in [6.07, 6.45) is 1.99. The Morgan fingerprint density at radius 2 is 2.21 bits per heavy atom. The molecule has 3 aromatic rings. The molecule has 1 aliphatic rings. The van der Waals surface area contributed by atoms with Gasteiger partial charge in [0.1, 0.15) is 4.83 Å². The normalized spacial score (nSPS) is 16.7. The van der Waals surface area contributed by atoms with Crippen LogP contribution in [0.4, 0.5) is 0 Å². The molecule has 6 heteroatoms. The highest BCUT2D eigenvalue weighted by Gasteiger charge is 2.28. The van der Waals surface area contributed by atoms with E-state index < -0.39 is 0 Å². The monoisotopic (exact) mass is 414 g/mol. The standard InChI is InChI=1S/C22H26N2O2S2/c1-5-9-27-22-23-20-19(16-11-17(13(2)3)26-12-18(16)28-20)21(25)24(22)15-8-6-7-14(4)10-15/h6-8,10,13,17H,5,9,11-12H2,1-4H3/t17-/m1/s1. The fraction of sp³-hybridized carbons (Fsp3) is 0.455. The number of nitrogens with zero attached hydrogens (tertiary/aromatic N) is 2. The lowest BCUT2D eigenvalue weighted by Gasteiger charge is -2.26. The molecule has 148 valence electrons. The first kappa shape index (κ1) is 19.7. The average molecular weight is 415 g/mol. The highest BCUT2D eigenvalue weighted by molar-refractivity contribution is 7.99. The van der Waals surface area contributed by atoms with Gasteiger partial charge in [-0.1, -0.05) is 44.7 Å². The van der Waals surface area contributed by atoms with E-state index >= 15 is 0 Å². The van der Waals surface area contributed by atoms with Crippen LogP contribution < -0.4 is 5.56 Å². The summed E-state index contributed by atoms with van der Waals surface area (Å²) in [7, 11) is 0. The Bertz CT molecular complexity index is 1070. The maximum Gasteiger partial charge on any atom is 0.267 e. The van der Waals surface area contributed by atoms with E-state index in [-0.39, 0.29) is 11.7 Å². The lowest BCUT2D eigenvalue weighted by Crippen LogP contribution is -2.28. The molecule has 0 amide bonds. The quantitative estimate of drug-likeness (QED) is 0.417. The number of hydrogen-bond donors (Lipinski definition) is 0. The number of hydrogen-bond acceptors (Lipinski definition) is 5. The van der Waals surface area contributed by atoms with Gasteiger partial charge in [0.05, 0.1) is 23.8 Å². The lowest BCUT2D eigenvalue weighted by atomic mass is 9.96. The molecule has 1 atom stereocenters. The predicted octanol–water partition coefficient (Wildman–Crippen LogP) is 5.36. The number of thioether (sulfide) groups is 1. The number of benzene rings is 1. The first-order valence-corrected chi connectivity index (χ1v) is 11.7. The molecule has 0 fully saturated rings. The van der Waals surface area contributed by atoms with Crippen LogP contribution in [0.15, 0.2) is 34.2 Å². The van der Waals surface area contributed by atoms with Crippen LogP contribution in [0.2, 0.25) is 0 Å². The van der Waals surface area contributed by atoms with E-state index in [0.29, 0.717) is 12.5 Å². The van der Waals surface area contributed by atoms with Crippen LogP contribution in [0, 0.1) is 12.8 Å². The zero-order chi connectivity index (χ0) is 19.8. The summed E-state index contributed by atoms with van der Waals surface area (Å²) >= 11 is 3.27. The largest absolute Gasteiger partial charge is 0.372 e. The summed E-state index contributed by atoms with van der Waals surface area (Å²) in [5, 5.41) is 1.57. The number of fused-ring (bicyclic) bond motifs is 3. The second kappa shape index (κ2) is 8.01. The van der Waals surface area contributed by atoms with Crippen molar-refractivity contribution in [3.63, 3.8) is 0 Å². The molecule has 1 aliphatic heterocycles. The average Bonchev–Trinajstić information content (AvgIpc) is 3.04. The van der Waals surface area contributed by atoms with Crippen molar-refractivity contribution in [2.45, 2.75) is 58.4 Å². The van der Waals surface area contributed by atoms with Crippen molar-refractivity contribution in [3.05, 3.63) is 50.6 Å². The van der Waals surface area contributed by atoms with E-state index in [9.17, 15) is 4.79 Å². The molecule has 0 radical (unpaired) electrons. The minimum Gasteiger partial charge on any atom is -0.372 e. The third-order valence-electron chi connectivity index (χ3n) is 5.15. The zero-order valence-electron chi connectivity index (χ0n) is 16.8. The molecule has 0 bridgehead atoms. The summed E-state index contributed by atoms with van der Waals surface area (Å²) in [6, 6.07) is 8.11. The smallest absolute Gasteiger partial charge is 0.267 e. The third-order valence-corrected chi connectivity index (χ3v) is 7.39. The van der Waals surface area contributed by atoms with Crippen LogP contribution in [-0.4, -0.2) is 21.4 Å². The Morgan fingerprint density at radius 1 is 1.39 bits per heavy atom. The molecule has 28 heavy (non-hydrogen) atoms. The van der Waals surface area contributed by atoms with E-state index in [1.807, 2.05) is 16.7 Å². The summed E-state index contributed by atoms with van der Waals surface area (Å²) in [6.45, 7) is 9.13. The Hall–Kier alpha value is -1.63. The lowest BCUT2D eigenvalue weighted by molar-refractivity contribution is 0.00200. The van der Waals surface area contributed by atoms with Gasteiger partial charge >= 0.3 is 0 Å². The van der Waals surface area contributed by atoms with Crippen LogP contribution in [-0.2, 0) is 17.8 Å². The topological polar surface area (TPSA) is 44.1 Å². The van der Waals surface area contributed by atoms with E-state index in [1.54, 1.807) is 23.1 Å². The van der Waals surface area contributed by atoms with Crippen molar-refractivity contribution >= 4 is 33.3 Å². The van der Waals surface area contributed by atoms with Gasteiger partial charge in [-0.3, -0.25) is 9.36 Å². The number of thiophene rings is 1. The van der Waals surface area contributed by atoms with E-state index in [4.69, 9.17) is 9.72 Å². The molecule has 0 spiro atoms. The van der Waals surface area contributed by atoms with E-state index in [0.717, 1.165) is 55.7 Å². The Labute approximate surface area is 174 Å². The van der Waals surface area contributed by atoms with Crippen molar-refractivity contribution in [3.8, 4) is 5.69 Å². The van der Waals surface area contributed by atoms with Crippen LogP contribution in [0.25, 0.3) is 15.9 Å². The van der Waals surface area contributed by atoms with Gasteiger partial charge in [0, 0.05) is 17.1 Å². The molecule has 0 unspecified atom stereocenters. The van der Waals surface area contributed by atoms with Gasteiger partial charge in [0.2, 0.25) is 0 Å². The fourth-order valence-electron chi connectivity index (χ4n) is 3.62. The van der Waals surface area contributed by atoms with Gasteiger partial charge in [0.25, 0.3) is 5.56 Å². The molecule has 0 saturated carbocycles. The number of aromatic nitrogens is 2. The molecule has 0 N–H and O–H groups in total. The fourth-order valence-corrected chi connectivity index (χ4v) is 5.65. The van der Waals surface area contributed by atoms with Crippen LogP contribution in [0.1, 0.15) is 43.2 Å². The van der Waals surface area contributed by atoms with Crippen molar-refractivity contribution in [1.82, 2.24) is 9.55 Å². The van der Waals surface area contributed by atoms with Crippen LogP contribution >= 0.6 is 23.1 Å². The van der Waals surface area contributed by atoms with E-state index in [1.165, 1.54) is 0 Å². The highest BCUT2D eigenvalue weighted by atomic mass is 32.2. The van der Waals surface area contributed by atoms with Gasteiger partial charge in [-0.05, 0) is 42.5 Å². The molecular weight excluding hydrogens is 388 g/mol. The van der Waals surface area contributed by atoms with Gasteiger partial charge in [-0.15, -0.1) is 11.3 Å². The van der Waals surface area contributed by atoms with E-state index in [2.05, 4.69) is 39.8 Å². The van der Waals surface area contributed by atoms with Crippen molar-refractivity contribution in [1.29, 1.82) is 0 Å². The second-order valence-electron chi connectivity index (χ2n) is 7.70. The summed E-state index contributed by atoms with van der Waals surface area (Å²) in [5.41, 5.74) is 3.23. The zero-order valence-corrected chi connectivity index (χ0v) is 18.5. The van der Waals surface area contributed by atoms with Gasteiger partial charge in [-0.25, -0.2) is 4.98 Å². The molecule has 4 rings (SSSR count). The molecular formula is C22H26N2O2S2. The maximum absolute atomic E-state index is 13.7. The predicted molar refractivity (Wildman–Crippen MR) is 118 cm³/mol. The van der Waals surface area contributed by atoms with Crippen molar-refractivity contribution < 1.29 is 4.74 Å². The first-order valence-electron chi connectivity index (χ1n) is 9.88. The summed E-state index contributed by atoms with van der Waals surface area (Å²) in [5.74, 6) is 1.36. The molecule has 1 aromatic carbocycles. The first-order chi connectivity index (χ1) is 13.5. The molecule has 4 nitrogen and oxygen atoms in total. The number of rotatable bonds is 5. The minimum absolute atomic E-state index is 0.0520. The minimum atomic E-state index is 0.0520. The Kier molecular flexibility index (Phi) is 5.63. The van der Waals surface area contributed by atoms with Gasteiger partial charge < -0.3 is 4.74 Å². The number of aryl methyl sites for hydroxylation is 1. The maximum atomic E-state index is 13.7. The highest BCUT2D eigenvalue weighted by Crippen LogP contribution is 2.36. The van der Waals surface area contributed by atoms with Crippen molar-refractivity contribution in [2.24, 2.45) is 5.92 Å². The molecule has 0 saturated heterocycles.